The van der Waals surface area contributed by atoms with Crippen LogP contribution in [0.15, 0.2) is 42.6 Å². The van der Waals surface area contributed by atoms with Crippen LogP contribution in [0.4, 0.5) is 17.5 Å². The lowest BCUT2D eigenvalue weighted by molar-refractivity contribution is 0.606. The van der Waals surface area contributed by atoms with E-state index in [9.17, 15) is 0 Å². The van der Waals surface area contributed by atoms with Gasteiger partial charge in [-0.3, -0.25) is 4.98 Å². The minimum Gasteiger partial charge on any atom is -0.370 e. The number of nitrogens with one attached hydrogen (secondary N) is 2. The summed E-state index contributed by atoms with van der Waals surface area (Å²) < 4.78 is 0. The fourth-order valence-electron chi connectivity index (χ4n) is 2.53. The summed E-state index contributed by atoms with van der Waals surface area (Å²) in [6.07, 6.45) is 2.91. The van der Waals surface area contributed by atoms with Crippen molar-refractivity contribution in [1.82, 2.24) is 15.0 Å². The molecule has 1 aromatic carbocycles. The Hall–Kier alpha value is -2.69. The Morgan fingerprint density at radius 2 is 1.92 bits per heavy atom. The van der Waals surface area contributed by atoms with E-state index in [2.05, 4.69) is 39.4 Å². The molecule has 0 atom stereocenters. The number of rotatable bonds is 6. The Labute approximate surface area is 142 Å². The standard InChI is InChI=1S/C19H23N5/c1-13(2)9-11-20-17-12-14(3)22-19(24-17)23-16-8-4-6-15-7-5-10-21-18(15)16/h4-8,10,12-13H,9,11H2,1-3H3,(H2,20,22,23,24). The first-order valence-electron chi connectivity index (χ1n) is 8.32. The van der Waals surface area contributed by atoms with E-state index in [0.717, 1.165) is 41.1 Å². The summed E-state index contributed by atoms with van der Waals surface area (Å²) in [7, 11) is 0. The highest BCUT2D eigenvalue weighted by atomic mass is 15.1. The molecule has 2 N–H and O–H groups in total. The largest absolute Gasteiger partial charge is 0.370 e. The fraction of sp³-hybridized carbons (Fsp3) is 0.316. The van der Waals surface area contributed by atoms with Crippen molar-refractivity contribution in [2.75, 3.05) is 17.2 Å². The van der Waals surface area contributed by atoms with Gasteiger partial charge in [0.15, 0.2) is 0 Å². The molecule has 0 bridgehead atoms. The van der Waals surface area contributed by atoms with E-state index >= 15 is 0 Å². The van der Waals surface area contributed by atoms with Gasteiger partial charge < -0.3 is 10.6 Å². The van der Waals surface area contributed by atoms with Gasteiger partial charge in [-0.1, -0.05) is 32.0 Å². The van der Waals surface area contributed by atoms with Crippen molar-refractivity contribution in [2.24, 2.45) is 5.92 Å². The van der Waals surface area contributed by atoms with Gasteiger partial charge in [-0.2, -0.15) is 4.98 Å². The average molecular weight is 321 g/mol. The molecule has 0 unspecified atom stereocenters. The molecule has 2 heterocycles. The number of anilines is 3. The zero-order valence-corrected chi connectivity index (χ0v) is 14.4. The van der Waals surface area contributed by atoms with Crippen molar-refractivity contribution in [1.29, 1.82) is 0 Å². The molecule has 3 aromatic rings. The van der Waals surface area contributed by atoms with E-state index in [4.69, 9.17) is 0 Å². The molecular weight excluding hydrogens is 298 g/mol. The van der Waals surface area contributed by atoms with Crippen LogP contribution in [0.2, 0.25) is 0 Å². The van der Waals surface area contributed by atoms with E-state index in [-0.39, 0.29) is 0 Å². The molecule has 0 saturated carbocycles. The van der Waals surface area contributed by atoms with Gasteiger partial charge in [-0.05, 0) is 31.4 Å². The van der Waals surface area contributed by atoms with E-state index in [1.165, 1.54) is 0 Å². The summed E-state index contributed by atoms with van der Waals surface area (Å²) in [6, 6.07) is 12.0. The number of benzene rings is 1. The second-order valence-corrected chi connectivity index (χ2v) is 6.33. The first-order valence-corrected chi connectivity index (χ1v) is 8.32. The molecule has 0 spiro atoms. The highest BCUT2D eigenvalue weighted by Gasteiger charge is 2.06. The molecule has 0 saturated heterocycles. The van der Waals surface area contributed by atoms with Crippen LogP contribution in [-0.4, -0.2) is 21.5 Å². The predicted molar refractivity (Wildman–Crippen MR) is 99.7 cm³/mol. The Bertz CT molecular complexity index is 824. The summed E-state index contributed by atoms with van der Waals surface area (Å²) in [5.74, 6) is 2.10. The third-order valence-electron chi connectivity index (χ3n) is 3.76. The van der Waals surface area contributed by atoms with Crippen LogP contribution >= 0.6 is 0 Å². The fourth-order valence-corrected chi connectivity index (χ4v) is 2.53. The van der Waals surface area contributed by atoms with Crippen molar-refractivity contribution in [3.8, 4) is 0 Å². The van der Waals surface area contributed by atoms with Gasteiger partial charge in [-0.25, -0.2) is 4.98 Å². The molecule has 0 fully saturated rings. The quantitative estimate of drug-likeness (QED) is 0.698. The van der Waals surface area contributed by atoms with Gasteiger partial charge >= 0.3 is 0 Å². The number of aryl methyl sites for hydroxylation is 1. The zero-order valence-electron chi connectivity index (χ0n) is 14.4. The minimum absolute atomic E-state index is 0.584. The van der Waals surface area contributed by atoms with Gasteiger partial charge in [0.25, 0.3) is 0 Å². The van der Waals surface area contributed by atoms with Crippen molar-refractivity contribution >= 4 is 28.4 Å². The van der Waals surface area contributed by atoms with E-state index in [1.54, 1.807) is 6.20 Å². The maximum absolute atomic E-state index is 4.57. The average Bonchev–Trinajstić information content (AvgIpc) is 2.54. The second kappa shape index (κ2) is 7.25. The molecule has 0 radical (unpaired) electrons. The maximum Gasteiger partial charge on any atom is 0.229 e. The third kappa shape index (κ3) is 3.98. The minimum atomic E-state index is 0.584. The van der Waals surface area contributed by atoms with Crippen LogP contribution in [0.25, 0.3) is 10.9 Å². The topological polar surface area (TPSA) is 62.7 Å². The molecule has 2 aromatic heterocycles. The number of nitrogens with zero attached hydrogens (tertiary/aromatic N) is 3. The number of hydrogen-bond acceptors (Lipinski definition) is 5. The molecule has 0 amide bonds. The van der Waals surface area contributed by atoms with E-state index in [1.807, 2.05) is 43.3 Å². The summed E-state index contributed by atoms with van der Waals surface area (Å²) in [5.41, 5.74) is 2.75. The van der Waals surface area contributed by atoms with Crippen LogP contribution in [0.5, 0.6) is 0 Å². The van der Waals surface area contributed by atoms with E-state index < -0.39 is 0 Å². The first kappa shape index (κ1) is 16.2. The van der Waals surface area contributed by atoms with Gasteiger partial charge in [-0.15, -0.1) is 0 Å². The Kier molecular flexibility index (Phi) is 4.89. The van der Waals surface area contributed by atoms with Crippen molar-refractivity contribution in [2.45, 2.75) is 27.2 Å². The first-order chi connectivity index (χ1) is 11.6. The normalized spacial score (nSPS) is 11.0. The second-order valence-electron chi connectivity index (χ2n) is 6.33. The van der Waals surface area contributed by atoms with Crippen molar-refractivity contribution in [3.63, 3.8) is 0 Å². The van der Waals surface area contributed by atoms with Gasteiger partial charge in [0, 0.05) is 29.9 Å². The number of aromatic nitrogens is 3. The van der Waals surface area contributed by atoms with Gasteiger partial charge in [0.1, 0.15) is 5.82 Å². The number of pyridine rings is 1. The molecule has 0 aliphatic carbocycles. The molecule has 124 valence electrons. The molecule has 5 heteroatoms. The predicted octanol–water partition coefficient (Wildman–Crippen LogP) is 4.53. The molecule has 24 heavy (non-hydrogen) atoms. The molecule has 0 aliphatic heterocycles. The maximum atomic E-state index is 4.57. The highest BCUT2D eigenvalue weighted by molar-refractivity contribution is 5.91. The monoisotopic (exact) mass is 321 g/mol. The van der Waals surface area contributed by atoms with E-state index in [0.29, 0.717) is 11.9 Å². The molecular formula is C19H23N5. The van der Waals surface area contributed by atoms with Crippen LogP contribution in [0.3, 0.4) is 0 Å². The molecule has 3 rings (SSSR count). The summed E-state index contributed by atoms with van der Waals surface area (Å²) >= 11 is 0. The Morgan fingerprint density at radius 3 is 2.75 bits per heavy atom. The van der Waals surface area contributed by atoms with Crippen molar-refractivity contribution in [3.05, 3.63) is 48.3 Å². The summed E-state index contributed by atoms with van der Waals surface area (Å²) in [4.78, 5) is 13.5. The van der Waals surface area contributed by atoms with Crippen LogP contribution < -0.4 is 10.6 Å². The SMILES string of the molecule is Cc1cc(NCCC(C)C)nc(Nc2cccc3cccnc23)n1. The Morgan fingerprint density at radius 1 is 1.08 bits per heavy atom. The zero-order chi connectivity index (χ0) is 16.9. The summed E-state index contributed by atoms with van der Waals surface area (Å²) in [6.45, 7) is 7.31. The van der Waals surface area contributed by atoms with Gasteiger partial charge in [0.2, 0.25) is 5.95 Å². The smallest absolute Gasteiger partial charge is 0.229 e. The lowest BCUT2D eigenvalue weighted by Gasteiger charge is -2.11. The van der Waals surface area contributed by atoms with Crippen LogP contribution in [-0.2, 0) is 0 Å². The molecule has 0 aliphatic rings. The highest BCUT2D eigenvalue weighted by Crippen LogP contribution is 2.23. The lowest BCUT2D eigenvalue weighted by Crippen LogP contribution is -2.08. The third-order valence-corrected chi connectivity index (χ3v) is 3.76. The van der Waals surface area contributed by atoms with Crippen LogP contribution in [0, 0.1) is 12.8 Å². The van der Waals surface area contributed by atoms with Crippen LogP contribution in [0.1, 0.15) is 26.0 Å². The number of para-hydroxylation sites is 1. The molecule has 5 nitrogen and oxygen atoms in total. The van der Waals surface area contributed by atoms with Gasteiger partial charge in [0.05, 0.1) is 11.2 Å². The van der Waals surface area contributed by atoms with Crippen molar-refractivity contribution < 1.29 is 0 Å². The lowest BCUT2D eigenvalue weighted by atomic mass is 10.1. The Balaban J connectivity index is 1.82. The number of fused-ring (bicyclic) bond motifs is 1. The number of hydrogen-bond donors (Lipinski definition) is 2. The summed E-state index contributed by atoms with van der Waals surface area (Å²) in [5, 5.41) is 7.76.